The van der Waals surface area contributed by atoms with Crippen LogP contribution >= 0.6 is 0 Å². The molecule has 1 aromatic carbocycles. The molecular weight excluding hydrogens is 310 g/mol. The molecule has 124 valence electrons. The summed E-state index contributed by atoms with van der Waals surface area (Å²) in [6.07, 6.45) is 3.23. The summed E-state index contributed by atoms with van der Waals surface area (Å²) in [6.45, 7) is 4.22. The minimum atomic E-state index is -0.428. The van der Waals surface area contributed by atoms with Gasteiger partial charge in [0.15, 0.2) is 5.82 Å². The maximum Gasteiger partial charge on any atom is 0.269 e. The van der Waals surface area contributed by atoms with Gasteiger partial charge in [-0.1, -0.05) is 0 Å². The van der Waals surface area contributed by atoms with E-state index >= 15 is 0 Å². The number of nitro benzene ring substituents is 1. The number of benzene rings is 1. The van der Waals surface area contributed by atoms with Crippen molar-refractivity contribution >= 4 is 17.4 Å². The molecule has 3 rings (SSSR count). The molecule has 1 fully saturated rings. The fraction of sp³-hybridized carbons (Fsp3) is 0.312. The third-order valence-electron chi connectivity index (χ3n) is 4.06. The van der Waals surface area contributed by atoms with Crippen LogP contribution in [0.25, 0.3) is 11.3 Å². The normalized spacial score (nSPS) is 14.5. The van der Waals surface area contributed by atoms with E-state index in [9.17, 15) is 14.9 Å². The highest BCUT2D eigenvalue weighted by Gasteiger charge is 2.22. The topological polar surface area (TPSA) is 92.5 Å². The highest BCUT2D eigenvalue weighted by Crippen LogP contribution is 2.28. The first-order chi connectivity index (χ1) is 11.6. The lowest BCUT2D eigenvalue weighted by atomic mass is 10.1. The van der Waals surface area contributed by atoms with E-state index in [0.29, 0.717) is 31.9 Å². The molecule has 24 heavy (non-hydrogen) atoms. The molecule has 1 saturated heterocycles. The summed E-state index contributed by atoms with van der Waals surface area (Å²) in [7, 11) is 0. The fourth-order valence-electron chi connectivity index (χ4n) is 2.74. The summed E-state index contributed by atoms with van der Waals surface area (Å²) in [4.78, 5) is 34.5. The monoisotopic (exact) mass is 327 g/mol. The zero-order valence-electron chi connectivity index (χ0n) is 13.3. The van der Waals surface area contributed by atoms with Crippen LogP contribution in [0.3, 0.4) is 0 Å². The third-order valence-corrected chi connectivity index (χ3v) is 4.06. The van der Waals surface area contributed by atoms with Gasteiger partial charge in [0.1, 0.15) is 5.69 Å². The molecule has 1 aliphatic rings. The molecular formula is C16H17N5O3. The number of carbonyl (C=O) groups is 1. The van der Waals surface area contributed by atoms with Crippen molar-refractivity contribution in [3.8, 4) is 11.3 Å². The number of nitrogens with zero attached hydrogens (tertiary/aromatic N) is 5. The predicted molar refractivity (Wildman–Crippen MR) is 88.6 cm³/mol. The fourth-order valence-corrected chi connectivity index (χ4v) is 2.74. The van der Waals surface area contributed by atoms with Crippen LogP contribution in [0.1, 0.15) is 6.92 Å². The molecule has 1 aromatic heterocycles. The van der Waals surface area contributed by atoms with Crippen LogP contribution < -0.4 is 4.90 Å². The maximum atomic E-state index is 11.4. The lowest BCUT2D eigenvalue weighted by molar-refractivity contribution is -0.384. The number of nitro groups is 1. The van der Waals surface area contributed by atoms with Crippen molar-refractivity contribution in [1.82, 2.24) is 14.9 Å². The number of anilines is 1. The van der Waals surface area contributed by atoms with E-state index in [1.165, 1.54) is 12.1 Å². The van der Waals surface area contributed by atoms with Crippen LogP contribution in [0.4, 0.5) is 11.5 Å². The number of hydrogen-bond donors (Lipinski definition) is 0. The van der Waals surface area contributed by atoms with Crippen LogP contribution in [0.2, 0.25) is 0 Å². The summed E-state index contributed by atoms with van der Waals surface area (Å²) in [5, 5.41) is 10.8. The molecule has 1 aliphatic heterocycles. The molecule has 0 saturated carbocycles. The Balaban J connectivity index is 1.86. The van der Waals surface area contributed by atoms with Crippen molar-refractivity contribution in [2.24, 2.45) is 0 Å². The summed E-state index contributed by atoms with van der Waals surface area (Å²) in [5.74, 6) is 0.805. The molecule has 8 heteroatoms. The van der Waals surface area contributed by atoms with Gasteiger partial charge in [-0.25, -0.2) is 4.98 Å². The Hall–Kier alpha value is -3.03. The lowest BCUT2D eigenvalue weighted by Crippen LogP contribution is -2.48. The maximum absolute atomic E-state index is 11.4. The number of carbonyl (C=O) groups excluding carboxylic acids is 1. The van der Waals surface area contributed by atoms with Gasteiger partial charge in [-0.2, -0.15) is 0 Å². The van der Waals surface area contributed by atoms with Crippen molar-refractivity contribution < 1.29 is 9.72 Å². The summed E-state index contributed by atoms with van der Waals surface area (Å²) in [6, 6.07) is 6.28. The number of amides is 1. The quantitative estimate of drug-likeness (QED) is 0.629. The Morgan fingerprint density at radius 1 is 1.08 bits per heavy atom. The molecule has 1 amide bonds. The first-order valence-electron chi connectivity index (χ1n) is 7.62. The van der Waals surface area contributed by atoms with Crippen LogP contribution in [0.15, 0.2) is 36.7 Å². The molecule has 0 atom stereocenters. The number of piperazine rings is 1. The van der Waals surface area contributed by atoms with Gasteiger partial charge in [0.2, 0.25) is 5.91 Å². The zero-order valence-corrected chi connectivity index (χ0v) is 13.3. The van der Waals surface area contributed by atoms with E-state index in [0.717, 1.165) is 11.4 Å². The number of hydrogen-bond acceptors (Lipinski definition) is 6. The van der Waals surface area contributed by atoms with Gasteiger partial charge in [0.05, 0.1) is 4.92 Å². The van der Waals surface area contributed by atoms with Gasteiger partial charge in [0, 0.05) is 63.2 Å². The number of non-ortho nitro benzene ring substituents is 1. The second-order valence-electron chi connectivity index (χ2n) is 5.53. The van der Waals surface area contributed by atoms with Crippen molar-refractivity contribution in [3.05, 3.63) is 46.8 Å². The Morgan fingerprint density at radius 2 is 1.71 bits per heavy atom. The highest BCUT2D eigenvalue weighted by molar-refractivity contribution is 5.75. The smallest absolute Gasteiger partial charge is 0.269 e. The van der Waals surface area contributed by atoms with E-state index in [-0.39, 0.29) is 11.6 Å². The van der Waals surface area contributed by atoms with Crippen LogP contribution in [0, 0.1) is 10.1 Å². The lowest BCUT2D eigenvalue weighted by Gasteiger charge is -2.35. The van der Waals surface area contributed by atoms with Crippen LogP contribution in [-0.4, -0.2) is 51.9 Å². The number of aromatic nitrogens is 2. The third kappa shape index (κ3) is 3.17. The first-order valence-corrected chi connectivity index (χ1v) is 7.62. The Morgan fingerprint density at radius 3 is 2.29 bits per heavy atom. The van der Waals surface area contributed by atoms with Crippen molar-refractivity contribution in [1.29, 1.82) is 0 Å². The molecule has 0 spiro atoms. The Bertz CT molecular complexity index is 755. The summed E-state index contributed by atoms with van der Waals surface area (Å²) < 4.78 is 0. The average molecular weight is 327 g/mol. The predicted octanol–water partition coefficient (Wildman–Crippen LogP) is 1.72. The highest BCUT2D eigenvalue weighted by atomic mass is 16.6. The Labute approximate surface area is 138 Å². The summed E-state index contributed by atoms with van der Waals surface area (Å²) in [5.41, 5.74) is 1.50. The molecule has 0 unspecified atom stereocenters. The standard InChI is InChI=1S/C16H17N5O3/c1-12(22)19-8-10-20(11-9-19)16-15(17-6-7-18-16)13-2-4-14(5-3-13)21(23)24/h2-7H,8-11H2,1H3. The van der Waals surface area contributed by atoms with E-state index in [4.69, 9.17) is 0 Å². The van der Waals surface area contributed by atoms with Gasteiger partial charge in [-0.05, 0) is 12.1 Å². The second-order valence-corrected chi connectivity index (χ2v) is 5.53. The van der Waals surface area contributed by atoms with Crippen molar-refractivity contribution in [2.45, 2.75) is 6.92 Å². The number of rotatable bonds is 3. The van der Waals surface area contributed by atoms with Gasteiger partial charge in [0.25, 0.3) is 5.69 Å². The van der Waals surface area contributed by atoms with E-state index in [1.807, 2.05) is 0 Å². The molecule has 0 N–H and O–H groups in total. The van der Waals surface area contributed by atoms with E-state index < -0.39 is 4.92 Å². The largest absolute Gasteiger partial charge is 0.351 e. The molecule has 2 aromatic rings. The molecule has 0 radical (unpaired) electrons. The van der Waals surface area contributed by atoms with Crippen molar-refractivity contribution in [3.63, 3.8) is 0 Å². The zero-order chi connectivity index (χ0) is 17.1. The average Bonchev–Trinajstić information content (AvgIpc) is 2.62. The van der Waals surface area contributed by atoms with Gasteiger partial charge >= 0.3 is 0 Å². The minimum Gasteiger partial charge on any atom is -0.351 e. The van der Waals surface area contributed by atoms with Crippen LogP contribution in [-0.2, 0) is 4.79 Å². The van der Waals surface area contributed by atoms with Gasteiger partial charge < -0.3 is 9.80 Å². The SMILES string of the molecule is CC(=O)N1CCN(c2nccnc2-c2ccc([N+](=O)[O-])cc2)CC1. The van der Waals surface area contributed by atoms with Gasteiger partial charge in [-0.3, -0.25) is 19.9 Å². The summed E-state index contributed by atoms with van der Waals surface area (Å²) >= 11 is 0. The van der Waals surface area contributed by atoms with Gasteiger partial charge in [-0.15, -0.1) is 0 Å². The molecule has 2 heterocycles. The van der Waals surface area contributed by atoms with Crippen LogP contribution in [0.5, 0.6) is 0 Å². The Kier molecular flexibility index (Phi) is 4.37. The molecule has 8 nitrogen and oxygen atoms in total. The second kappa shape index (κ2) is 6.61. The minimum absolute atomic E-state index is 0.0410. The molecule has 0 aliphatic carbocycles. The van der Waals surface area contributed by atoms with E-state index in [2.05, 4.69) is 14.9 Å². The van der Waals surface area contributed by atoms with E-state index in [1.54, 1.807) is 36.4 Å². The first kappa shape index (κ1) is 15.9. The molecule has 0 bridgehead atoms. The van der Waals surface area contributed by atoms with Crippen molar-refractivity contribution in [2.75, 3.05) is 31.1 Å².